The van der Waals surface area contributed by atoms with Crippen LogP contribution in [0.25, 0.3) is 12.2 Å². The van der Waals surface area contributed by atoms with E-state index in [-0.39, 0.29) is 17.6 Å². The van der Waals surface area contributed by atoms with Gasteiger partial charge < -0.3 is 5.32 Å². The molecule has 1 aliphatic heterocycles. The van der Waals surface area contributed by atoms with Gasteiger partial charge in [-0.3, -0.25) is 0 Å². The fourth-order valence-electron chi connectivity index (χ4n) is 3.38. The van der Waals surface area contributed by atoms with Gasteiger partial charge in [-0.2, -0.15) is 0 Å². The molecule has 130 valence electrons. The Balaban J connectivity index is 1.97. The van der Waals surface area contributed by atoms with Crippen LogP contribution in [-0.4, -0.2) is 13.1 Å². The second-order valence-electron chi connectivity index (χ2n) is 6.43. The van der Waals surface area contributed by atoms with Crippen LogP contribution in [0.3, 0.4) is 0 Å². The predicted octanol–water partition coefficient (Wildman–Crippen LogP) is 5.45. The Labute approximate surface area is 148 Å². The van der Waals surface area contributed by atoms with Crippen LogP contribution in [0.15, 0.2) is 59.7 Å². The minimum Gasteiger partial charge on any atom is -0.309 e. The molecular weight excluding hydrogens is 316 g/mol. The fourth-order valence-corrected chi connectivity index (χ4v) is 3.38. The molecule has 0 spiro atoms. The molecule has 0 aliphatic carbocycles. The van der Waals surface area contributed by atoms with E-state index in [0.29, 0.717) is 11.1 Å². The van der Waals surface area contributed by atoms with Crippen LogP contribution in [0, 0.1) is 17.6 Å². The van der Waals surface area contributed by atoms with Crippen molar-refractivity contribution in [2.45, 2.75) is 19.8 Å². The molecule has 1 fully saturated rings. The van der Waals surface area contributed by atoms with Gasteiger partial charge in [-0.1, -0.05) is 61.9 Å². The van der Waals surface area contributed by atoms with E-state index in [1.165, 1.54) is 12.1 Å². The summed E-state index contributed by atoms with van der Waals surface area (Å²) >= 11 is 0. The van der Waals surface area contributed by atoms with Crippen molar-refractivity contribution in [1.82, 2.24) is 5.32 Å². The summed E-state index contributed by atoms with van der Waals surface area (Å²) in [4.78, 5) is 0. The molecule has 0 unspecified atom stereocenters. The minimum atomic E-state index is -0.213. The first-order valence-corrected chi connectivity index (χ1v) is 8.79. The van der Waals surface area contributed by atoms with E-state index in [2.05, 4.69) is 12.2 Å². The van der Waals surface area contributed by atoms with Crippen LogP contribution in [0.1, 0.15) is 30.9 Å². The van der Waals surface area contributed by atoms with E-state index in [1.54, 1.807) is 24.3 Å². The first-order chi connectivity index (χ1) is 12.2. The summed E-state index contributed by atoms with van der Waals surface area (Å²) in [5.41, 5.74) is 3.52. The molecule has 0 aromatic heterocycles. The normalized spacial score (nSPS) is 21.0. The monoisotopic (exact) mass is 339 g/mol. The van der Waals surface area contributed by atoms with Gasteiger partial charge in [-0.05, 0) is 29.7 Å². The molecule has 1 heterocycles. The van der Waals surface area contributed by atoms with Crippen molar-refractivity contribution in [3.05, 3.63) is 82.4 Å². The number of nitrogens with one attached hydrogen (secondary N) is 1. The molecule has 1 saturated heterocycles. The molecule has 0 atom stereocenters. The Morgan fingerprint density at radius 2 is 1.36 bits per heavy atom. The molecule has 0 amide bonds. The Morgan fingerprint density at radius 1 is 0.880 bits per heavy atom. The third kappa shape index (κ3) is 4.23. The molecule has 3 rings (SSSR count). The van der Waals surface area contributed by atoms with Crippen LogP contribution >= 0.6 is 0 Å². The fraction of sp³-hybridized carbons (Fsp3) is 0.273. The van der Waals surface area contributed by atoms with Crippen molar-refractivity contribution < 1.29 is 8.78 Å². The summed E-state index contributed by atoms with van der Waals surface area (Å²) in [6, 6.07) is 13.6. The van der Waals surface area contributed by atoms with Crippen LogP contribution in [0.2, 0.25) is 0 Å². The average Bonchev–Trinajstić information content (AvgIpc) is 2.61. The second-order valence-corrected chi connectivity index (χ2v) is 6.43. The number of hydrogen-bond donors (Lipinski definition) is 1. The summed E-state index contributed by atoms with van der Waals surface area (Å²) in [5.74, 6) is -0.212. The SMILES string of the molecule is CCCC1/C(=C/c2ccccc2F)CNC/C1=C\c1ccccc1F. The Hall–Kier alpha value is -2.26. The van der Waals surface area contributed by atoms with Gasteiger partial charge in [0.05, 0.1) is 0 Å². The molecule has 0 radical (unpaired) electrons. The van der Waals surface area contributed by atoms with Gasteiger partial charge in [0.15, 0.2) is 0 Å². The number of halogens is 2. The summed E-state index contributed by atoms with van der Waals surface area (Å²) in [6.07, 6.45) is 5.88. The maximum atomic E-state index is 14.0. The largest absolute Gasteiger partial charge is 0.309 e. The highest BCUT2D eigenvalue weighted by molar-refractivity contribution is 5.61. The lowest BCUT2D eigenvalue weighted by molar-refractivity contribution is 0.541. The van der Waals surface area contributed by atoms with E-state index in [9.17, 15) is 8.78 Å². The summed E-state index contributed by atoms with van der Waals surface area (Å²) in [6.45, 7) is 3.60. The van der Waals surface area contributed by atoms with Gasteiger partial charge in [0, 0.05) is 30.1 Å². The van der Waals surface area contributed by atoms with Crippen LogP contribution in [0.5, 0.6) is 0 Å². The average molecular weight is 339 g/mol. The standard InChI is InChI=1S/C22H23F2N/c1-2-7-20-18(12-16-8-3-5-10-21(16)23)14-25-15-19(20)13-17-9-4-6-11-22(17)24/h3-6,8-13,20,25H,2,7,14-15H2,1H3/b18-12+,19-13+. The second kappa shape index (κ2) is 8.21. The van der Waals surface area contributed by atoms with Crippen molar-refractivity contribution in [3.63, 3.8) is 0 Å². The molecule has 0 saturated carbocycles. The van der Waals surface area contributed by atoms with Crippen LogP contribution in [-0.2, 0) is 0 Å². The number of hydrogen-bond acceptors (Lipinski definition) is 1. The lowest BCUT2D eigenvalue weighted by Gasteiger charge is -2.30. The van der Waals surface area contributed by atoms with Gasteiger partial charge in [0.25, 0.3) is 0 Å². The van der Waals surface area contributed by atoms with E-state index in [0.717, 1.165) is 37.1 Å². The van der Waals surface area contributed by atoms with E-state index < -0.39 is 0 Å². The van der Waals surface area contributed by atoms with Crippen LogP contribution < -0.4 is 5.32 Å². The molecule has 2 aromatic carbocycles. The molecule has 1 nitrogen and oxygen atoms in total. The molecule has 2 aromatic rings. The zero-order valence-electron chi connectivity index (χ0n) is 14.4. The number of rotatable bonds is 4. The van der Waals surface area contributed by atoms with E-state index >= 15 is 0 Å². The van der Waals surface area contributed by atoms with Gasteiger partial charge in [-0.25, -0.2) is 8.78 Å². The van der Waals surface area contributed by atoms with Crippen molar-refractivity contribution in [3.8, 4) is 0 Å². The lowest BCUT2D eigenvalue weighted by Crippen LogP contribution is -2.32. The molecule has 25 heavy (non-hydrogen) atoms. The predicted molar refractivity (Wildman–Crippen MR) is 100 cm³/mol. The topological polar surface area (TPSA) is 12.0 Å². The Bertz CT molecular complexity index is 729. The lowest BCUT2D eigenvalue weighted by atomic mass is 9.82. The maximum Gasteiger partial charge on any atom is 0.130 e. The van der Waals surface area contributed by atoms with Crippen molar-refractivity contribution >= 4 is 12.2 Å². The Kier molecular flexibility index (Phi) is 5.77. The minimum absolute atomic E-state index is 0.213. The Morgan fingerprint density at radius 3 is 1.80 bits per heavy atom. The zero-order valence-corrected chi connectivity index (χ0v) is 14.4. The van der Waals surface area contributed by atoms with Gasteiger partial charge >= 0.3 is 0 Å². The summed E-state index contributed by atoms with van der Waals surface area (Å²) in [7, 11) is 0. The highest BCUT2D eigenvalue weighted by Gasteiger charge is 2.23. The first-order valence-electron chi connectivity index (χ1n) is 8.79. The highest BCUT2D eigenvalue weighted by atomic mass is 19.1. The molecule has 1 N–H and O–H groups in total. The van der Waals surface area contributed by atoms with E-state index in [4.69, 9.17) is 0 Å². The number of piperidine rings is 1. The van der Waals surface area contributed by atoms with E-state index in [1.807, 2.05) is 24.3 Å². The zero-order chi connectivity index (χ0) is 17.6. The third-order valence-electron chi connectivity index (χ3n) is 4.62. The molecular formula is C22H23F2N. The van der Waals surface area contributed by atoms with Gasteiger partial charge in [-0.15, -0.1) is 0 Å². The van der Waals surface area contributed by atoms with Crippen molar-refractivity contribution in [2.75, 3.05) is 13.1 Å². The highest BCUT2D eigenvalue weighted by Crippen LogP contribution is 2.31. The third-order valence-corrected chi connectivity index (χ3v) is 4.62. The van der Waals surface area contributed by atoms with Crippen molar-refractivity contribution in [1.29, 1.82) is 0 Å². The van der Waals surface area contributed by atoms with Crippen LogP contribution in [0.4, 0.5) is 8.78 Å². The quantitative estimate of drug-likeness (QED) is 0.781. The summed E-state index contributed by atoms with van der Waals surface area (Å²) in [5, 5.41) is 3.37. The van der Waals surface area contributed by atoms with Gasteiger partial charge in [0.2, 0.25) is 0 Å². The molecule has 1 aliphatic rings. The first kappa shape index (κ1) is 17.6. The van der Waals surface area contributed by atoms with Gasteiger partial charge in [0.1, 0.15) is 11.6 Å². The molecule has 3 heteroatoms. The molecule has 0 bridgehead atoms. The summed E-state index contributed by atoms with van der Waals surface area (Å²) < 4.78 is 28.1. The van der Waals surface area contributed by atoms with Crippen molar-refractivity contribution in [2.24, 2.45) is 5.92 Å². The maximum absolute atomic E-state index is 14.0. The smallest absolute Gasteiger partial charge is 0.130 e. The number of benzene rings is 2.